The van der Waals surface area contributed by atoms with E-state index in [1.807, 2.05) is 12.1 Å². The smallest absolute Gasteiger partial charge is 0.0991 e. The van der Waals surface area contributed by atoms with Crippen molar-refractivity contribution in [3.8, 4) is 6.07 Å². The summed E-state index contributed by atoms with van der Waals surface area (Å²) in [6.07, 6.45) is -0.479. The first kappa shape index (κ1) is 12.7. The van der Waals surface area contributed by atoms with Gasteiger partial charge in [0.15, 0.2) is 0 Å². The van der Waals surface area contributed by atoms with E-state index in [1.54, 1.807) is 12.1 Å². The molecule has 1 N–H and O–H groups in total. The van der Waals surface area contributed by atoms with Crippen molar-refractivity contribution in [1.29, 1.82) is 5.26 Å². The van der Waals surface area contributed by atoms with Crippen molar-refractivity contribution in [3.05, 3.63) is 35.4 Å². The summed E-state index contributed by atoms with van der Waals surface area (Å²) in [5.41, 5.74) is 1.49. The van der Waals surface area contributed by atoms with Crippen LogP contribution in [0, 0.1) is 11.3 Å². The third kappa shape index (κ3) is 3.34. The second kappa shape index (κ2) is 6.26. The molecule has 0 saturated carbocycles. The quantitative estimate of drug-likeness (QED) is 0.821. The number of aliphatic hydroxyl groups is 1. The molecule has 1 aromatic rings. The number of nitrogens with zero attached hydrogens (tertiary/aromatic N) is 2. The molecule has 0 aromatic heterocycles. The summed E-state index contributed by atoms with van der Waals surface area (Å²) in [7, 11) is 0. The average Bonchev–Trinajstić information content (AvgIpc) is 2.35. The first-order valence-electron chi connectivity index (χ1n) is 5.61. The van der Waals surface area contributed by atoms with Gasteiger partial charge in [-0.05, 0) is 30.8 Å². The molecule has 0 aliphatic rings. The van der Waals surface area contributed by atoms with Gasteiger partial charge in [0.1, 0.15) is 0 Å². The van der Waals surface area contributed by atoms with E-state index in [4.69, 9.17) is 5.26 Å². The molecule has 0 saturated heterocycles. The van der Waals surface area contributed by atoms with Crippen LogP contribution < -0.4 is 0 Å². The van der Waals surface area contributed by atoms with Crippen molar-refractivity contribution in [3.63, 3.8) is 0 Å². The topological polar surface area (TPSA) is 47.3 Å². The standard InChI is InChI=1S/C13H18N2O/c1-3-15(4-2)10-13(16)12-7-5-11(9-14)6-8-12/h5-8,13,16H,3-4,10H2,1-2H3. The number of hydrogen-bond acceptors (Lipinski definition) is 3. The second-order valence-corrected chi connectivity index (χ2v) is 3.74. The minimum Gasteiger partial charge on any atom is -0.387 e. The van der Waals surface area contributed by atoms with Crippen LogP contribution >= 0.6 is 0 Å². The summed E-state index contributed by atoms with van der Waals surface area (Å²) < 4.78 is 0. The Labute approximate surface area is 96.9 Å². The van der Waals surface area contributed by atoms with Crippen LogP contribution in [-0.4, -0.2) is 29.6 Å². The van der Waals surface area contributed by atoms with Crippen molar-refractivity contribution < 1.29 is 5.11 Å². The first-order chi connectivity index (χ1) is 7.71. The van der Waals surface area contributed by atoms with E-state index >= 15 is 0 Å². The Morgan fingerprint density at radius 3 is 2.25 bits per heavy atom. The molecule has 1 aromatic carbocycles. The third-order valence-electron chi connectivity index (χ3n) is 2.75. The van der Waals surface area contributed by atoms with Gasteiger partial charge in [0.05, 0.1) is 17.7 Å². The summed E-state index contributed by atoms with van der Waals surface area (Å²) in [6, 6.07) is 9.16. The molecule has 1 atom stereocenters. The molecule has 0 amide bonds. The lowest BCUT2D eigenvalue weighted by atomic mass is 10.1. The van der Waals surface area contributed by atoms with Crippen molar-refractivity contribution in [1.82, 2.24) is 4.90 Å². The van der Waals surface area contributed by atoms with Crippen LogP contribution in [0.4, 0.5) is 0 Å². The fourth-order valence-corrected chi connectivity index (χ4v) is 1.61. The minimum absolute atomic E-state index is 0.479. The molecule has 0 radical (unpaired) electrons. The minimum atomic E-state index is -0.479. The normalized spacial score (nSPS) is 12.4. The largest absolute Gasteiger partial charge is 0.387 e. The molecule has 0 aliphatic heterocycles. The van der Waals surface area contributed by atoms with Gasteiger partial charge in [-0.25, -0.2) is 0 Å². The van der Waals surface area contributed by atoms with E-state index in [-0.39, 0.29) is 0 Å². The highest BCUT2D eigenvalue weighted by atomic mass is 16.3. The number of nitriles is 1. The molecular weight excluding hydrogens is 200 g/mol. The van der Waals surface area contributed by atoms with Gasteiger partial charge in [-0.1, -0.05) is 26.0 Å². The van der Waals surface area contributed by atoms with E-state index in [0.717, 1.165) is 18.7 Å². The average molecular weight is 218 g/mol. The molecule has 0 aliphatic carbocycles. The number of rotatable bonds is 5. The Morgan fingerprint density at radius 1 is 1.25 bits per heavy atom. The fraction of sp³-hybridized carbons (Fsp3) is 0.462. The predicted octanol–water partition coefficient (Wildman–Crippen LogP) is 1.93. The van der Waals surface area contributed by atoms with E-state index in [9.17, 15) is 5.11 Å². The Hall–Kier alpha value is -1.37. The SMILES string of the molecule is CCN(CC)CC(O)c1ccc(C#N)cc1. The molecule has 0 heterocycles. The summed E-state index contributed by atoms with van der Waals surface area (Å²) in [4.78, 5) is 2.17. The Bertz CT molecular complexity index is 349. The van der Waals surface area contributed by atoms with Crippen LogP contribution in [0.1, 0.15) is 31.1 Å². The molecule has 3 nitrogen and oxygen atoms in total. The molecule has 86 valence electrons. The van der Waals surface area contributed by atoms with Gasteiger partial charge in [0.2, 0.25) is 0 Å². The van der Waals surface area contributed by atoms with Crippen LogP contribution in [0.25, 0.3) is 0 Å². The van der Waals surface area contributed by atoms with E-state index in [2.05, 4.69) is 24.8 Å². The van der Waals surface area contributed by atoms with Crippen LogP contribution in [0.15, 0.2) is 24.3 Å². The fourth-order valence-electron chi connectivity index (χ4n) is 1.61. The zero-order valence-corrected chi connectivity index (χ0v) is 9.85. The number of benzene rings is 1. The number of hydrogen-bond donors (Lipinski definition) is 1. The maximum Gasteiger partial charge on any atom is 0.0991 e. The number of likely N-dealkylation sites (N-methyl/N-ethyl adjacent to an activating group) is 1. The summed E-state index contributed by atoms with van der Waals surface area (Å²) >= 11 is 0. The Balaban J connectivity index is 2.65. The summed E-state index contributed by atoms with van der Waals surface area (Å²) in [5, 5.41) is 18.7. The van der Waals surface area contributed by atoms with Crippen molar-refractivity contribution in [2.24, 2.45) is 0 Å². The first-order valence-corrected chi connectivity index (χ1v) is 5.61. The molecule has 16 heavy (non-hydrogen) atoms. The maximum absolute atomic E-state index is 9.99. The molecule has 1 rings (SSSR count). The van der Waals surface area contributed by atoms with Crippen molar-refractivity contribution in [2.75, 3.05) is 19.6 Å². The number of aliphatic hydroxyl groups excluding tert-OH is 1. The molecule has 0 bridgehead atoms. The molecular formula is C13H18N2O. The lowest BCUT2D eigenvalue weighted by Crippen LogP contribution is -2.28. The van der Waals surface area contributed by atoms with E-state index < -0.39 is 6.10 Å². The van der Waals surface area contributed by atoms with Crippen LogP contribution in [0.3, 0.4) is 0 Å². The molecule has 0 fully saturated rings. The second-order valence-electron chi connectivity index (χ2n) is 3.74. The Morgan fingerprint density at radius 2 is 1.81 bits per heavy atom. The van der Waals surface area contributed by atoms with Crippen LogP contribution in [-0.2, 0) is 0 Å². The van der Waals surface area contributed by atoms with Gasteiger partial charge in [0.25, 0.3) is 0 Å². The zero-order chi connectivity index (χ0) is 12.0. The van der Waals surface area contributed by atoms with Gasteiger partial charge in [-0.2, -0.15) is 5.26 Å². The molecule has 1 unspecified atom stereocenters. The van der Waals surface area contributed by atoms with Gasteiger partial charge in [-0.15, -0.1) is 0 Å². The van der Waals surface area contributed by atoms with Crippen molar-refractivity contribution >= 4 is 0 Å². The molecule has 3 heteroatoms. The highest BCUT2D eigenvalue weighted by molar-refractivity contribution is 5.32. The zero-order valence-electron chi connectivity index (χ0n) is 9.85. The van der Waals surface area contributed by atoms with Gasteiger partial charge in [0, 0.05) is 6.54 Å². The predicted molar refractivity (Wildman–Crippen MR) is 63.9 cm³/mol. The maximum atomic E-state index is 9.99. The highest BCUT2D eigenvalue weighted by Crippen LogP contribution is 2.14. The summed E-state index contributed by atoms with van der Waals surface area (Å²) in [6.45, 7) is 6.66. The highest BCUT2D eigenvalue weighted by Gasteiger charge is 2.10. The third-order valence-corrected chi connectivity index (χ3v) is 2.75. The van der Waals surface area contributed by atoms with Gasteiger partial charge in [-0.3, -0.25) is 0 Å². The van der Waals surface area contributed by atoms with Gasteiger partial charge >= 0.3 is 0 Å². The van der Waals surface area contributed by atoms with Crippen LogP contribution in [0.5, 0.6) is 0 Å². The van der Waals surface area contributed by atoms with Crippen LogP contribution in [0.2, 0.25) is 0 Å². The van der Waals surface area contributed by atoms with Gasteiger partial charge < -0.3 is 10.0 Å². The lowest BCUT2D eigenvalue weighted by Gasteiger charge is -2.22. The van der Waals surface area contributed by atoms with Crippen molar-refractivity contribution in [2.45, 2.75) is 20.0 Å². The molecule has 0 spiro atoms. The lowest BCUT2D eigenvalue weighted by molar-refractivity contribution is 0.119. The Kier molecular flexibility index (Phi) is 4.97. The van der Waals surface area contributed by atoms with E-state index in [1.165, 1.54) is 0 Å². The monoisotopic (exact) mass is 218 g/mol. The summed E-state index contributed by atoms with van der Waals surface area (Å²) in [5.74, 6) is 0. The van der Waals surface area contributed by atoms with E-state index in [0.29, 0.717) is 12.1 Å².